The summed E-state index contributed by atoms with van der Waals surface area (Å²) < 4.78 is 0. The Morgan fingerprint density at radius 3 is 2.52 bits per heavy atom. The van der Waals surface area contributed by atoms with Gasteiger partial charge in [-0.05, 0) is 66.6 Å². The molecule has 2 unspecified atom stereocenters. The molecule has 0 radical (unpaired) electrons. The molecule has 2 saturated heterocycles. The fraction of sp³-hybridized carbons (Fsp3) is 0.320. The zero-order valence-electron chi connectivity index (χ0n) is 18.1. The number of hydrogen-bond donors (Lipinski definition) is 1. The monoisotopic (exact) mass is 440 g/mol. The van der Waals surface area contributed by atoms with Crippen molar-refractivity contribution in [3.8, 4) is 6.07 Å². The van der Waals surface area contributed by atoms with E-state index in [1.54, 1.807) is 36.4 Å². The molecule has 2 aliphatic heterocycles. The summed E-state index contributed by atoms with van der Waals surface area (Å²) in [5.74, 6) is 0.826. The van der Waals surface area contributed by atoms with E-state index in [9.17, 15) is 9.59 Å². The van der Waals surface area contributed by atoms with E-state index in [1.165, 1.54) is 0 Å². The number of likely N-dealkylation sites (tertiary alicyclic amines) is 2. The fourth-order valence-corrected chi connectivity index (χ4v) is 4.87. The molecule has 8 nitrogen and oxygen atoms in total. The number of fused-ring (bicyclic) bond motifs is 2. The highest BCUT2D eigenvalue weighted by atomic mass is 16.2. The van der Waals surface area contributed by atoms with Gasteiger partial charge >= 0.3 is 0 Å². The highest BCUT2D eigenvalue weighted by molar-refractivity contribution is 5.97. The molecule has 33 heavy (non-hydrogen) atoms. The molecule has 0 spiro atoms. The number of amides is 2. The Bertz CT molecular complexity index is 1260. The minimum atomic E-state index is -0.00817. The largest absolute Gasteiger partial charge is 0.339 e. The predicted octanol–water partition coefficient (Wildman–Crippen LogP) is 2.85. The van der Waals surface area contributed by atoms with Gasteiger partial charge in [0, 0.05) is 37.8 Å². The second-order valence-corrected chi connectivity index (χ2v) is 8.73. The third kappa shape index (κ3) is 4.35. The molecule has 5 rings (SSSR count). The molecule has 0 aliphatic carbocycles. The zero-order valence-corrected chi connectivity index (χ0v) is 18.1. The molecule has 3 aromatic rings. The van der Waals surface area contributed by atoms with Crippen molar-refractivity contribution in [2.45, 2.75) is 12.8 Å². The van der Waals surface area contributed by atoms with Gasteiger partial charge in [-0.2, -0.15) is 20.7 Å². The fourth-order valence-electron chi connectivity index (χ4n) is 4.87. The average Bonchev–Trinajstić information content (AvgIpc) is 3.44. The third-order valence-corrected chi connectivity index (χ3v) is 6.71. The van der Waals surface area contributed by atoms with E-state index in [0.717, 1.165) is 37.0 Å². The SMILES string of the molecule is N#Cc1cccc(/C=C/C(=O)N2CCC3CN(C(=O)c4ccc5n[nH]nc5c4)CC3CC2)c1. The standard InChI is InChI=1S/C25H24N6O2/c26-14-18-3-1-2-17(12-18)4-7-24(32)30-10-8-20-15-31(16-21(20)9-11-30)25(33)19-5-6-22-23(13-19)28-29-27-22/h1-7,12-13,20-21H,8-11,15-16H2,(H,27,28,29)/b7-4+. The number of nitrogens with zero attached hydrogens (tertiary/aromatic N) is 5. The van der Waals surface area contributed by atoms with Crippen LogP contribution in [-0.2, 0) is 4.79 Å². The summed E-state index contributed by atoms with van der Waals surface area (Å²) >= 11 is 0. The van der Waals surface area contributed by atoms with Gasteiger partial charge in [0.15, 0.2) is 0 Å². The summed E-state index contributed by atoms with van der Waals surface area (Å²) in [7, 11) is 0. The topological polar surface area (TPSA) is 106 Å². The van der Waals surface area contributed by atoms with Gasteiger partial charge in [-0.1, -0.05) is 12.1 Å². The molecule has 0 saturated carbocycles. The van der Waals surface area contributed by atoms with Gasteiger partial charge in [0.2, 0.25) is 5.91 Å². The van der Waals surface area contributed by atoms with Gasteiger partial charge in [-0.15, -0.1) is 0 Å². The van der Waals surface area contributed by atoms with E-state index in [0.29, 0.717) is 41.6 Å². The minimum Gasteiger partial charge on any atom is -0.339 e. The predicted molar refractivity (Wildman–Crippen MR) is 123 cm³/mol. The number of aromatic nitrogens is 3. The van der Waals surface area contributed by atoms with Crippen molar-refractivity contribution in [1.29, 1.82) is 5.26 Å². The number of benzene rings is 2. The van der Waals surface area contributed by atoms with E-state index in [2.05, 4.69) is 21.5 Å². The maximum Gasteiger partial charge on any atom is 0.253 e. The van der Waals surface area contributed by atoms with Gasteiger partial charge in [0.1, 0.15) is 11.0 Å². The number of aromatic amines is 1. The van der Waals surface area contributed by atoms with Gasteiger partial charge in [0.25, 0.3) is 5.91 Å². The second-order valence-electron chi connectivity index (χ2n) is 8.73. The van der Waals surface area contributed by atoms with Crippen LogP contribution in [0.25, 0.3) is 17.1 Å². The molecule has 2 fully saturated rings. The number of H-pyrrole nitrogens is 1. The molecule has 2 aliphatic rings. The van der Waals surface area contributed by atoms with Crippen molar-refractivity contribution in [3.63, 3.8) is 0 Å². The summed E-state index contributed by atoms with van der Waals surface area (Å²) in [4.78, 5) is 29.6. The van der Waals surface area contributed by atoms with Crippen molar-refractivity contribution in [2.24, 2.45) is 11.8 Å². The van der Waals surface area contributed by atoms with Gasteiger partial charge in [0.05, 0.1) is 11.6 Å². The lowest BCUT2D eigenvalue weighted by molar-refractivity contribution is -0.126. The van der Waals surface area contributed by atoms with Crippen molar-refractivity contribution in [2.75, 3.05) is 26.2 Å². The van der Waals surface area contributed by atoms with E-state index >= 15 is 0 Å². The molecule has 3 heterocycles. The van der Waals surface area contributed by atoms with Crippen molar-refractivity contribution in [1.82, 2.24) is 25.2 Å². The first kappa shape index (κ1) is 20.9. The number of carbonyl (C=O) groups is 2. The van der Waals surface area contributed by atoms with E-state index in [-0.39, 0.29) is 11.8 Å². The molecule has 0 bridgehead atoms. The molecular formula is C25H24N6O2. The lowest BCUT2D eigenvalue weighted by Crippen LogP contribution is -2.33. The quantitative estimate of drug-likeness (QED) is 0.631. The Labute approximate surface area is 191 Å². The van der Waals surface area contributed by atoms with Gasteiger partial charge in [-0.3, -0.25) is 9.59 Å². The molecule has 1 aromatic heterocycles. The van der Waals surface area contributed by atoms with Crippen LogP contribution < -0.4 is 0 Å². The Balaban J connectivity index is 1.19. The maximum absolute atomic E-state index is 13.1. The van der Waals surface area contributed by atoms with Gasteiger partial charge < -0.3 is 9.80 Å². The zero-order chi connectivity index (χ0) is 22.8. The van der Waals surface area contributed by atoms with Crippen molar-refractivity contribution < 1.29 is 9.59 Å². The van der Waals surface area contributed by atoms with Crippen LogP contribution >= 0.6 is 0 Å². The first-order valence-electron chi connectivity index (χ1n) is 11.2. The minimum absolute atomic E-state index is 0.00817. The average molecular weight is 441 g/mol. The van der Waals surface area contributed by atoms with E-state index in [4.69, 9.17) is 5.26 Å². The number of hydrogen-bond acceptors (Lipinski definition) is 5. The second kappa shape index (κ2) is 8.87. The molecule has 8 heteroatoms. The van der Waals surface area contributed by atoms with Crippen LogP contribution in [0.3, 0.4) is 0 Å². The molecular weight excluding hydrogens is 416 g/mol. The van der Waals surface area contributed by atoms with Crippen LogP contribution in [-0.4, -0.2) is 63.2 Å². The maximum atomic E-state index is 13.1. The molecule has 1 N–H and O–H groups in total. The van der Waals surface area contributed by atoms with Crippen molar-refractivity contribution >= 4 is 28.9 Å². The Kier molecular flexibility index (Phi) is 5.61. The van der Waals surface area contributed by atoms with E-state index < -0.39 is 0 Å². The van der Waals surface area contributed by atoms with Crippen LogP contribution in [0.15, 0.2) is 48.5 Å². The smallest absolute Gasteiger partial charge is 0.253 e. The molecule has 2 aromatic carbocycles. The number of nitriles is 1. The lowest BCUT2D eigenvalue weighted by atomic mass is 9.92. The Hall–Kier alpha value is -3.99. The third-order valence-electron chi connectivity index (χ3n) is 6.71. The van der Waals surface area contributed by atoms with Crippen LogP contribution in [0.2, 0.25) is 0 Å². The van der Waals surface area contributed by atoms with Gasteiger partial charge in [-0.25, -0.2) is 0 Å². The van der Waals surface area contributed by atoms with Crippen LogP contribution in [0.4, 0.5) is 0 Å². The Morgan fingerprint density at radius 1 is 1.00 bits per heavy atom. The number of carbonyl (C=O) groups excluding carboxylic acids is 2. The normalized spacial score (nSPS) is 20.6. The molecule has 2 amide bonds. The summed E-state index contributed by atoms with van der Waals surface area (Å²) in [6.07, 6.45) is 5.13. The van der Waals surface area contributed by atoms with Crippen LogP contribution in [0.5, 0.6) is 0 Å². The Morgan fingerprint density at radius 2 is 1.76 bits per heavy atom. The lowest BCUT2D eigenvalue weighted by Gasteiger charge is -2.21. The highest BCUT2D eigenvalue weighted by Crippen LogP contribution is 2.33. The van der Waals surface area contributed by atoms with E-state index in [1.807, 2.05) is 28.0 Å². The van der Waals surface area contributed by atoms with Crippen LogP contribution in [0, 0.1) is 23.2 Å². The molecule has 2 atom stereocenters. The van der Waals surface area contributed by atoms with Crippen molar-refractivity contribution in [3.05, 3.63) is 65.2 Å². The number of nitrogens with one attached hydrogen (secondary N) is 1. The summed E-state index contributed by atoms with van der Waals surface area (Å²) in [5, 5.41) is 19.7. The highest BCUT2D eigenvalue weighted by Gasteiger charge is 2.37. The summed E-state index contributed by atoms with van der Waals surface area (Å²) in [6.45, 7) is 2.82. The first-order chi connectivity index (χ1) is 16.1. The summed E-state index contributed by atoms with van der Waals surface area (Å²) in [6, 6.07) is 14.7. The first-order valence-corrected chi connectivity index (χ1v) is 11.2. The number of rotatable bonds is 3. The van der Waals surface area contributed by atoms with Crippen LogP contribution in [0.1, 0.15) is 34.3 Å². The molecule has 166 valence electrons. The summed E-state index contributed by atoms with van der Waals surface area (Å²) in [5.41, 5.74) is 3.49.